The van der Waals surface area contributed by atoms with Crippen LogP contribution in [0.15, 0.2) is 48.5 Å². The summed E-state index contributed by atoms with van der Waals surface area (Å²) in [5.41, 5.74) is 0.594. The molecule has 3 saturated heterocycles. The molecule has 1 amide bonds. The minimum Gasteiger partial charge on any atom is -0.436 e. The van der Waals surface area contributed by atoms with Crippen LogP contribution in [-0.4, -0.2) is 36.7 Å². The molecule has 27 heavy (non-hydrogen) atoms. The Labute approximate surface area is 157 Å². The molecule has 0 radical (unpaired) electrons. The number of nitrogens with one attached hydrogen (secondary N) is 1. The number of rotatable bonds is 4. The van der Waals surface area contributed by atoms with Gasteiger partial charge in [0.2, 0.25) is 0 Å². The molecule has 3 aliphatic heterocycles. The van der Waals surface area contributed by atoms with Crippen molar-refractivity contribution in [3.8, 4) is 0 Å². The molecule has 2 atom stereocenters. The van der Waals surface area contributed by atoms with Crippen molar-refractivity contribution in [3.63, 3.8) is 0 Å². The fourth-order valence-corrected chi connectivity index (χ4v) is 4.09. The van der Waals surface area contributed by atoms with E-state index in [4.69, 9.17) is 4.74 Å². The fourth-order valence-electron chi connectivity index (χ4n) is 4.09. The van der Waals surface area contributed by atoms with Crippen molar-refractivity contribution in [2.45, 2.75) is 25.0 Å². The molecule has 6 heteroatoms. The van der Waals surface area contributed by atoms with Crippen molar-refractivity contribution < 1.29 is 18.3 Å². The number of amides is 1. The number of carbonyl (C=O) groups is 1. The lowest BCUT2D eigenvalue weighted by atomic mass is 9.84. The molecule has 0 saturated carbocycles. The number of ether oxygens (including phenoxy) is 1. The van der Waals surface area contributed by atoms with Gasteiger partial charge in [0.15, 0.2) is 6.10 Å². The predicted octanol–water partition coefficient (Wildman–Crippen LogP) is 3.87. The molecule has 5 rings (SSSR count). The first-order valence-electron chi connectivity index (χ1n) is 9.29. The van der Waals surface area contributed by atoms with E-state index >= 15 is 0 Å². The number of halogens is 2. The monoisotopic (exact) mass is 372 g/mol. The molecule has 2 aromatic carbocycles. The van der Waals surface area contributed by atoms with E-state index in [1.807, 2.05) is 0 Å². The van der Waals surface area contributed by atoms with Gasteiger partial charge in [-0.3, -0.25) is 0 Å². The van der Waals surface area contributed by atoms with Crippen LogP contribution in [0.25, 0.3) is 0 Å². The lowest BCUT2D eigenvalue weighted by Crippen LogP contribution is -2.57. The molecule has 3 aliphatic rings. The highest BCUT2D eigenvalue weighted by Gasteiger charge is 2.35. The second kappa shape index (κ2) is 7.64. The Bertz CT molecular complexity index is 821. The van der Waals surface area contributed by atoms with E-state index in [2.05, 4.69) is 10.2 Å². The van der Waals surface area contributed by atoms with Crippen molar-refractivity contribution in [2.75, 3.05) is 19.6 Å². The van der Waals surface area contributed by atoms with Gasteiger partial charge in [-0.1, -0.05) is 30.3 Å². The van der Waals surface area contributed by atoms with Gasteiger partial charge in [0.25, 0.3) is 0 Å². The maximum absolute atomic E-state index is 14.3. The molecule has 1 N–H and O–H groups in total. The third kappa shape index (κ3) is 3.95. The number of benzene rings is 2. The molecule has 2 bridgehead atoms. The molecule has 3 fully saturated rings. The maximum Gasteiger partial charge on any atom is 0.408 e. The lowest BCUT2D eigenvalue weighted by Gasteiger charge is -2.44. The highest BCUT2D eigenvalue weighted by atomic mass is 19.1. The van der Waals surface area contributed by atoms with Gasteiger partial charge in [-0.25, -0.2) is 13.6 Å². The average molecular weight is 372 g/mol. The number of carbonyl (C=O) groups excluding carboxylic acids is 1. The van der Waals surface area contributed by atoms with E-state index < -0.39 is 23.8 Å². The minimum atomic E-state index is -1.01. The Morgan fingerprint density at radius 1 is 1.11 bits per heavy atom. The summed E-state index contributed by atoms with van der Waals surface area (Å²) in [5.74, 6) is -0.513. The Kier molecular flexibility index (Phi) is 5.07. The van der Waals surface area contributed by atoms with Crippen LogP contribution >= 0.6 is 0 Å². The van der Waals surface area contributed by atoms with Gasteiger partial charge in [0, 0.05) is 23.7 Å². The van der Waals surface area contributed by atoms with Gasteiger partial charge >= 0.3 is 6.09 Å². The van der Waals surface area contributed by atoms with Gasteiger partial charge in [-0.2, -0.15) is 0 Å². The van der Waals surface area contributed by atoms with E-state index in [1.165, 1.54) is 24.3 Å². The average Bonchev–Trinajstić information content (AvgIpc) is 2.68. The molecule has 3 heterocycles. The summed E-state index contributed by atoms with van der Waals surface area (Å²) in [4.78, 5) is 14.9. The lowest BCUT2D eigenvalue weighted by molar-refractivity contribution is 0.0589. The second-order valence-corrected chi connectivity index (χ2v) is 7.25. The van der Waals surface area contributed by atoms with Crippen molar-refractivity contribution in [1.82, 2.24) is 10.2 Å². The number of piperidine rings is 3. The zero-order valence-corrected chi connectivity index (χ0v) is 14.9. The quantitative estimate of drug-likeness (QED) is 0.886. The van der Waals surface area contributed by atoms with Crippen LogP contribution in [0.1, 0.15) is 30.1 Å². The molecule has 4 nitrogen and oxygen atoms in total. The smallest absolute Gasteiger partial charge is 0.408 e. The number of alkyl carbamates (subject to hydrolysis) is 1. The van der Waals surface area contributed by atoms with Crippen molar-refractivity contribution >= 4 is 6.09 Å². The van der Waals surface area contributed by atoms with E-state index in [0.717, 1.165) is 32.5 Å². The second-order valence-electron chi connectivity index (χ2n) is 7.25. The highest BCUT2D eigenvalue weighted by molar-refractivity contribution is 5.68. The van der Waals surface area contributed by atoms with E-state index in [-0.39, 0.29) is 11.6 Å². The first-order valence-corrected chi connectivity index (χ1v) is 9.29. The van der Waals surface area contributed by atoms with Crippen molar-refractivity contribution in [3.05, 3.63) is 71.3 Å². The summed E-state index contributed by atoms with van der Waals surface area (Å²) in [5, 5.41) is 2.94. The Morgan fingerprint density at radius 2 is 1.89 bits per heavy atom. The Morgan fingerprint density at radius 3 is 2.56 bits per heavy atom. The summed E-state index contributed by atoms with van der Waals surface area (Å²) >= 11 is 0. The van der Waals surface area contributed by atoms with Crippen LogP contribution in [0, 0.1) is 17.6 Å². The first kappa shape index (κ1) is 17.9. The Hall–Kier alpha value is -2.47. The number of hydrogen-bond donors (Lipinski definition) is 1. The van der Waals surface area contributed by atoms with E-state index in [1.54, 1.807) is 24.3 Å². The first-order chi connectivity index (χ1) is 13.1. The van der Waals surface area contributed by atoms with E-state index in [0.29, 0.717) is 11.5 Å². The molecular weight excluding hydrogens is 350 g/mol. The van der Waals surface area contributed by atoms with Crippen LogP contribution in [0.5, 0.6) is 0 Å². The third-order valence-corrected chi connectivity index (χ3v) is 5.52. The molecule has 2 aromatic rings. The Balaban J connectivity index is 1.54. The number of hydrogen-bond acceptors (Lipinski definition) is 3. The fraction of sp³-hybridized carbons (Fsp3) is 0.381. The van der Waals surface area contributed by atoms with Gasteiger partial charge in [-0.15, -0.1) is 0 Å². The summed E-state index contributed by atoms with van der Waals surface area (Å²) in [6.07, 6.45) is 0.506. The van der Waals surface area contributed by atoms with Crippen LogP contribution in [0.2, 0.25) is 0 Å². The number of nitrogens with zero attached hydrogens (tertiary/aromatic N) is 1. The molecule has 142 valence electrons. The standard InChI is InChI=1S/C21H22F2N2O2/c22-16-5-3-4-15(12-16)20(17-6-1-2-7-18(17)23)27-21(26)24-19-13-25-10-8-14(19)9-11-25/h1-7,12,14,19-20H,8-11,13H2,(H,24,26)/t19-,20?/m0/s1. The summed E-state index contributed by atoms with van der Waals surface area (Å²) in [6, 6.07) is 11.8. The van der Waals surface area contributed by atoms with Crippen LogP contribution < -0.4 is 5.32 Å². The molecule has 0 aromatic heterocycles. The van der Waals surface area contributed by atoms with Crippen LogP contribution in [-0.2, 0) is 4.74 Å². The zero-order valence-electron chi connectivity index (χ0n) is 14.9. The van der Waals surface area contributed by atoms with Gasteiger partial charge in [0.05, 0.1) is 0 Å². The van der Waals surface area contributed by atoms with E-state index in [9.17, 15) is 13.6 Å². The van der Waals surface area contributed by atoms with Crippen molar-refractivity contribution in [2.24, 2.45) is 5.92 Å². The van der Waals surface area contributed by atoms with Crippen LogP contribution in [0.3, 0.4) is 0 Å². The largest absolute Gasteiger partial charge is 0.436 e. The zero-order chi connectivity index (χ0) is 18.8. The summed E-state index contributed by atoms with van der Waals surface area (Å²) in [6.45, 7) is 2.95. The molecular formula is C21H22F2N2O2. The third-order valence-electron chi connectivity index (χ3n) is 5.52. The van der Waals surface area contributed by atoms with Gasteiger partial charge in [-0.05, 0) is 50.0 Å². The molecule has 0 aliphatic carbocycles. The maximum atomic E-state index is 14.3. The summed E-state index contributed by atoms with van der Waals surface area (Å²) in [7, 11) is 0. The summed E-state index contributed by atoms with van der Waals surface area (Å²) < 4.78 is 33.6. The number of fused-ring (bicyclic) bond motifs is 3. The van der Waals surface area contributed by atoms with Crippen molar-refractivity contribution in [1.29, 1.82) is 0 Å². The predicted molar refractivity (Wildman–Crippen MR) is 97.2 cm³/mol. The molecule has 0 spiro atoms. The topological polar surface area (TPSA) is 41.6 Å². The normalized spacial score (nSPS) is 25.0. The van der Waals surface area contributed by atoms with Gasteiger partial charge in [0.1, 0.15) is 11.6 Å². The molecule has 1 unspecified atom stereocenters. The highest BCUT2D eigenvalue weighted by Crippen LogP contribution is 2.30. The van der Waals surface area contributed by atoms with Crippen LogP contribution in [0.4, 0.5) is 13.6 Å². The van der Waals surface area contributed by atoms with Gasteiger partial charge < -0.3 is 15.0 Å². The SMILES string of the molecule is O=C(N[C@H]1CN2CCC1CC2)OC(c1cccc(F)c1)c1ccccc1F. The minimum absolute atomic E-state index is 0.0359.